The van der Waals surface area contributed by atoms with E-state index in [-0.39, 0.29) is 12.0 Å². The highest BCUT2D eigenvalue weighted by atomic mass is 16.7. The maximum atomic E-state index is 9.78. The first-order valence-corrected chi connectivity index (χ1v) is 5.87. The van der Waals surface area contributed by atoms with Crippen LogP contribution in [0, 0.1) is 6.92 Å². The fraction of sp³-hybridized carbons (Fsp3) is 0.700. The third-order valence-electron chi connectivity index (χ3n) is 2.81. The SMILES string of the molecule is Cc1nc(N)nc(O[C@@H]2O[C@H](CO)[C@@H](O)[C@H](O)[C@H]2O)n1. The Morgan fingerprint density at radius 2 is 1.85 bits per heavy atom. The Bertz CT molecular complexity index is 453. The van der Waals surface area contributed by atoms with Gasteiger partial charge in [-0.25, -0.2) is 0 Å². The maximum Gasteiger partial charge on any atom is 0.323 e. The number of nitrogens with two attached hydrogens (primary N) is 1. The summed E-state index contributed by atoms with van der Waals surface area (Å²) < 4.78 is 10.3. The molecule has 1 aromatic rings. The van der Waals surface area contributed by atoms with Gasteiger partial charge >= 0.3 is 6.01 Å². The summed E-state index contributed by atoms with van der Waals surface area (Å²) in [5, 5.41) is 38.0. The van der Waals surface area contributed by atoms with Crippen LogP contribution in [0.2, 0.25) is 0 Å². The fourth-order valence-corrected chi connectivity index (χ4v) is 1.80. The molecule has 0 radical (unpaired) electrons. The largest absolute Gasteiger partial charge is 0.430 e. The van der Waals surface area contributed by atoms with Crippen molar-refractivity contribution in [3.8, 4) is 6.01 Å². The molecule has 0 unspecified atom stereocenters. The number of ether oxygens (including phenoxy) is 2. The summed E-state index contributed by atoms with van der Waals surface area (Å²) in [6, 6.07) is -0.195. The van der Waals surface area contributed by atoms with Crippen LogP contribution in [-0.2, 0) is 4.74 Å². The minimum atomic E-state index is -1.54. The van der Waals surface area contributed by atoms with Crippen LogP contribution < -0.4 is 10.5 Å². The second-order valence-electron chi connectivity index (χ2n) is 4.34. The fourth-order valence-electron chi connectivity index (χ4n) is 1.80. The summed E-state index contributed by atoms with van der Waals surface area (Å²) in [5.41, 5.74) is 5.43. The summed E-state index contributed by atoms with van der Waals surface area (Å²) >= 11 is 0. The predicted octanol–water partition coefficient (Wildman–Crippen LogP) is -3.06. The molecule has 1 saturated heterocycles. The molecule has 6 N–H and O–H groups in total. The molecule has 0 saturated carbocycles. The van der Waals surface area contributed by atoms with Crippen LogP contribution in [0.5, 0.6) is 6.01 Å². The molecule has 0 bridgehead atoms. The molecule has 0 amide bonds. The molecule has 0 aromatic carbocycles. The van der Waals surface area contributed by atoms with Crippen molar-refractivity contribution in [2.45, 2.75) is 37.6 Å². The van der Waals surface area contributed by atoms with Crippen molar-refractivity contribution in [2.75, 3.05) is 12.3 Å². The van der Waals surface area contributed by atoms with E-state index in [0.29, 0.717) is 5.82 Å². The number of anilines is 1. The lowest BCUT2D eigenvalue weighted by atomic mass is 9.99. The summed E-state index contributed by atoms with van der Waals surface area (Å²) in [5.74, 6) is 0.231. The van der Waals surface area contributed by atoms with Gasteiger partial charge in [0.05, 0.1) is 6.61 Å². The van der Waals surface area contributed by atoms with Gasteiger partial charge in [-0.05, 0) is 6.92 Å². The molecular weight excluding hydrogens is 272 g/mol. The number of aromatic nitrogens is 3. The maximum absolute atomic E-state index is 9.78. The smallest absolute Gasteiger partial charge is 0.323 e. The van der Waals surface area contributed by atoms with Crippen LogP contribution >= 0.6 is 0 Å². The van der Waals surface area contributed by atoms with Gasteiger partial charge in [0.1, 0.15) is 30.2 Å². The van der Waals surface area contributed by atoms with E-state index in [9.17, 15) is 15.3 Å². The summed E-state index contributed by atoms with van der Waals surface area (Å²) in [4.78, 5) is 11.3. The van der Waals surface area contributed by atoms with Crippen molar-refractivity contribution in [1.29, 1.82) is 0 Å². The third kappa shape index (κ3) is 2.94. The van der Waals surface area contributed by atoms with Crippen molar-refractivity contribution in [2.24, 2.45) is 0 Å². The monoisotopic (exact) mass is 288 g/mol. The van der Waals surface area contributed by atoms with Gasteiger partial charge in [-0.2, -0.15) is 15.0 Å². The summed E-state index contributed by atoms with van der Waals surface area (Å²) in [6.07, 6.45) is -6.96. The van der Waals surface area contributed by atoms with E-state index in [2.05, 4.69) is 15.0 Å². The van der Waals surface area contributed by atoms with Gasteiger partial charge in [0.25, 0.3) is 0 Å². The minimum absolute atomic E-state index is 0.0721. The number of nitrogen functional groups attached to an aromatic ring is 1. The van der Waals surface area contributed by atoms with Crippen molar-refractivity contribution >= 4 is 5.95 Å². The molecule has 1 aliphatic heterocycles. The van der Waals surface area contributed by atoms with Gasteiger partial charge in [-0.15, -0.1) is 0 Å². The van der Waals surface area contributed by atoms with E-state index >= 15 is 0 Å². The van der Waals surface area contributed by atoms with Crippen molar-refractivity contribution in [3.05, 3.63) is 5.82 Å². The molecule has 1 fully saturated rings. The number of rotatable bonds is 3. The molecule has 1 aliphatic rings. The Balaban J connectivity index is 2.15. The van der Waals surface area contributed by atoms with E-state index in [1.54, 1.807) is 6.92 Å². The average Bonchev–Trinajstić information content (AvgIpc) is 2.38. The summed E-state index contributed by atoms with van der Waals surface area (Å²) in [6.45, 7) is 1.02. The van der Waals surface area contributed by atoms with Gasteiger partial charge < -0.3 is 35.6 Å². The summed E-state index contributed by atoms with van der Waals surface area (Å²) in [7, 11) is 0. The molecule has 20 heavy (non-hydrogen) atoms. The predicted molar refractivity (Wildman–Crippen MR) is 63.4 cm³/mol. The zero-order valence-electron chi connectivity index (χ0n) is 10.6. The third-order valence-corrected chi connectivity index (χ3v) is 2.81. The van der Waals surface area contributed by atoms with Gasteiger partial charge in [-0.1, -0.05) is 0 Å². The van der Waals surface area contributed by atoms with Gasteiger partial charge in [0.15, 0.2) is 0 Å². The lowest BCUT2D eigenvalue weighted by molar-refractivity contribution is -0.278. The van der Waals surface area contributed by atoms with E-state index in [4.69, 9.17) is 20.3 Å². The molecule has 0 spiro atoms. The van der Waals surface area contributed by atoms with E-state index < -0.39 is 37.3 Å². The molecular formula is C10H16N4O6. The molecule has 0 aliphatic carbocycles. The van der Waals surface area contributed by atoms with Crippen molar-refractivity contribution in [1.82, 2.24) is 15.0 Å². The Morgan fingerprint density at radius 3 is 2.45 bits per heavy atom. The average molecular weight is 288 g/mol. The van der Waals surface area contributed by atoms with Gasteiger partial charge in [0.2, 0.25) is 12.2 Å². The van der Waals surface area contributed by atoms with Crippen molar-refractivity contribution in [3.63, 3.8) is 0 Å². The molecule has 5 atom stereocenters. The number of aliphatic hydroxyl groups excluding tert-OH is 4. The lowest BCUT2D eigenvalue weighted by Gasteiger charge is -2.39. The highest BCUT2D eigenvalue weighted by Gasteiger charge is 2.45. The van der Waals surface area contributed by atoms with E-state index in [1.165, 1.54) is 0 Å². The normalized spacial score (nSPS) is 34.0. The van der Waals surface area contributed by atoms with E-state index in [1.807, 2.05) is 0 Å². The quantitative estimate of drug-likeness (QED) is 0.385. The Morgan fingerprint density at radius 1 is 1.15 bits per heavy atom. The molecule has 10 heteroatoms. The number of nitrogens with zero attached hydrogens (tertiary/aromatic N) is 3. The topological polar surface area (TPSA) is 164 Å². The number of aliphatic hydroxyl groups is 4. The number of hydrogen-bond donors (Lipinski definition) is 5. The molecule has 2 heterocycles. The molecule has 2 rings (SSSR count). The molecule has 1 aromatic heterocycles. The highest BCUT2D eigenvalue weighted by molar-refractivity contribution is 5.17. The standard InChI is InChI=1S/C10H16N4O6/c1-3-12-9(11)14-10(13-3)20-8-7(18)6(17)5(16)4(2-15)19-8/h4-8,15-18H,2H2,1H3,(H2,11,12,13,14)/t4-,5-,6+,7-,8+/m1/s1. The van der Waals surface area contributed by atoms with Crippen LogP contribution in [0.1, 0.15) is 5.82 Å². The first-order valence-electron chi connectivity index (χ1n) is 5.87. The first kappa shape index (κ1) is 14.8. The second kappa shape index (κ2) is 5.81. The molecule has 10 nitrogen and oxygen atoms in total. The Labute approximate surface area is 113 Å². The zero-order chi connectivity index (χ0) is 14.9. The van der Waals surface area contributed by atoms with Crippen molar-refractivity contribution < 1.29 is 29.9 Å². The van der Waals surface area contributed by atoms with Gasteiger partial charge in [0, 0.05) is 0 Å². The van der Waals surface area contributed by atoms with Crippen LogP contribution in [0.4, 0.5) is 5.95 Å². The van der Waals surface area contributed by atoms with Crippen LogP contribution in [0.3, 0.4) is 0 Å². The minimum Gasteiger partial charge on any atom is -0.430 e. The lowest BCUT2D eigenvalue weighted by Crippen LogP contribution is -2.60. The number of aryl methyl sites for hydroxylation is 1. The first-order chi connectivity index (χ1) is 9.42. The number of hydrogen-bond acceptors (Lipinski definition) is 10. The van der Waals surface area contributed by atoms with E-state index in [0.717, 1.165) is 0 Å². The Hall–Kier alpha value is -1.59. The Kier molecular flexibility index (Phi) is 4.30. The van der Waals surface area contributed by atoms with Gasteiger partial charge in [-0.3, -0.25) is 0 Å². The molecule has 112 valence electrons. The second-order valence-corrected chi connectivity index (χ2v) is 4.34. The van der Waals surface area contributed by atoms with Crippen LogP contribution in [0.25, 0.3) is 0 Å². The zero-order valence-corrected chi connectivity index (χ0v) is 10.6. The highest BCUT2D eigenvalue weighted by Crippen LogP contribution is 2.22. The van der Waals surface area contributed by atoms with Crippen LogP contribution in [-0.4, -0.2) is 72.7 Å². The van der Waals surface area contributed by atoms with Crippen LogP contribution in [0.15, 0.2) is 0 Å².